The lowest BCUT2D eigenvalue weighted by Gasteiger charge is -2.28. The number of rotatable bonds is 7. The summed E-state index contributed by atoms with van der Waals surface area (Å²) in [6, 6.07) is 8.76. The summed E-state index contributed by atoms with van der Waals surface area (Å²) in [5, 5.41) is 10.2. The molecule has 0 bridgehead atoms. The van der Waals surface area contributed by atoms with Gasteiger partial charge in [-0.25, -0.2) is 4.68 Å². The number of aromatic nitrogens is 6. The summed E-state index contributed by atoms with van der Waals surface area (Å²) >= 11 is 0. The van der Waals surface area contributed by atoms with Crippen molar-refractivity contribution in [2.75, 3.05) is 37.8 Å². The van der Waals surface area contributed by atoms with E-state index < -0.39 is 0 Å². The predicted octanol–water partition coefficient (Wildman–Crippen LogP) is 2.88. The Kier molecular flexibility index (Phi) is 5.95. The third kappa shape index (κ3) is 4.54. The molecule has 1 fully saturated rings. The van der Waals surface area contributed by atoms with Crippen molar-refractivity contribution < 1.29 is 9.47 Å². The summed E-state index contributed by atoms with van der Waals surface area (Å²) in [6.07, 6.45) is 5.56. The number of aryl methyl sites for hydroxylation is 3. The van der Waals surface area contributed by atoms with Gasteiger partial charge in [0.05, 0.1) is 37.2 Å². The minimum absolute atomic E-state index is 0.353. The van der Waals surface area contributed by atoms with Crippen molar-refractivity contribution in [1.82, 2.24) is 29.5 Å². The molecular formula is C24H29N7O2. The molecule has 5 rings (SSSR count). The Morgan fingerprint density at radius 1 is 1.06 bits per heavy atom. The van der Waals surface area contributed by atoms with Crippen LogP contribution in [0.25, 0.3) is 16.7 Å². The van der Waals surface area contributed by atoms with E-state index in [0.717, 1.165) is 53.9 Å². The number of anilines is 1. The maximum absolute atomic E-state index is 6.01. The van der Waals surface area contributed by atoms with Gasteiger partial charge in [0, 0.05) is 44.2 Å². The van der Waals surface area contributed by atoms with E-state index >= 15 is 0 Å². The van der Waals surface area contributed by atoms with Gasteiger partial charge in [-0.05, 0) is 36.6 Å². The van der Waals surface area contributed by atoms with Crippen LogP contribution < -0.4 is 9.64 Å². The normalized spacial score (nSPS) is 14.2. The van der Waals surface area contributed by atoms with Crippen LogP contribution in [0.2, 0.25) is 0 Å². The molecule has 0 spiro atoms. The molecule has 0 saturated carbocycles. The summed E-state index contributed by atoms with van der Waals surface area (Å²) in [5.74, 6) is 1.53. The summed E-state index contributed by atoms with van der Waals surface area (Å²) in [5.41, 5.74) is 4.41. The zero-order valence-corrected chi connectivity index (χ0v) is 19.4. The van der Waals surface area contributed by atoms with E-state index in [1.807, 2.05) is 30.2 Å². The van der Waals surface area contributed by atoms with E-state index in [1.54, 1.807) is 4.68 Å². The molecule has 0 N–H and O–H groups in total. The maximum Gasteiger partial charge on any atom is 0.320 e. The van der Waals surface area contributed by atoms with Crippen LogP contribution in [0.1, 0.15) is 23.7 Å². The Bertz CT molecular complexity index is 1260. The first-order chi connectivity index (χ1) is 16.1. The standard InChI is InChI=1S/C24H29N7O2/c1-4-18-5-6-21-20(13-18)17(2)31(28-21)23-14-22(30-8-11-32-12-9-30)26-24(27-23)33-10-7-19-15-25-29(3)16-19/h5-6,13-16H,4,7-12H2,1-3H3. The number of hydrogen-bond acceptors (Lipinski definition) is 7. The van der Waals surface area contributed by atoms with E-state index in [4.69, 9.17) is 24.5 Å². The number of morpholine rings is 1. The maximum atomic E-state index is 6.01. The molecule has 0 aliphatic carbocycles. The molecule has 3 aromatic heterocycles. The van der Waals surface area contributed by atoms with Crippen LogP contribution in [0.5, 0.6) is 6.01 Å². The summed E-state index contributed by atoms with van der Waals surface area (Å²) < 4.78 is 15.2. The molecule has 4 aromatic rings. The van der Waals surface area contributed by atoms with Gasteiger partial charge in [-0.2, -0.15) is 20.2 Å². The van der Waals surface area contributed by atoms with Crippen molar-refractivity contribution >= 4 is 16.7 Å². The third-order valence-electron chi connectivity index (χ3n) is 6.00. The van der Waals surface area contributed by atoms with Gasteiger partial charge in [-0.15, -0.1) is 0 Å². The van der Waals surface area contributed by atoms with Gasteiger partial charge in [0.2, 0.25) is 0 Å². The molecule has 0 unspecified atom stereocenters. The largest absolute Gasteiger partial charge is 0.463 e. The van der Waals surface area contributed by atoms with E-state index in [-0.39, 0.29) is 0 Å². The SMILES string of the molecule is CCc1ccc2nn(-c3cc(N4CCOCC4)nc(OCCc4cnn(C)c4)n3)c(C)c2c1. The Hall–Kier alpha value is -3.46. The predicted molar refractivity (Wildman–Crippen MR) is 126 cm³/mol. The summed E-state index contributed by atoms with van der Waals surface area (Å²) in [4.78, 5) is 11.6. The second-order valence-electron chi connectivity index (χ2n) is 8.29. The fraction of sp³-hybridized carbons (Fsp3) is 0.417. The van der Waals surface area contributed by atoms with Gasteiger partial charge < -0.3 is 14.4 Å². The van der Waals surface area contributed by atoms with Gasteiger partial charge >= 0.3 is 6.01 Å². The van der Waals surface area contributed by atoms with Crippen molar-refractivity contribution in [3.8, 4) is 11.8 Å². The molecule has 172 valence electrons. The van der Waals surface area contributed by atoms with Crippen LogP contribution >= 0.6 is 0 Å². The second-order valence-corrected chi connectivity index (χ2v) is 8.29. The molecule has 1 aliphatic heterocycles. The zero-order valence-electron chi connectivity index (χ0n) is 19.4. The molecule has 0 amide bonds. The fourth-order valence-electron chi connectivity index (χ4n) is 4.09. The monoisotopic (exact) mass is 447 g/mol. The number of hydrogen-bond donors (Lipinski definition) is 0. The molecule has 1 saturated heterocycles. The lowest BCUT2D eigenvalue weighted by molar-refractivity contribution is 0.122. The van der Waals surface area contributed by atoms with Gasteiger partial charge in [0.15, 0.2) is 5.82 Å². The smallest absolute Gasteiger partial charge is 0.320 e. The molecule has 9 nitrogen and oxygen atoms in total. The van der Waals surface area contributed by atoms with E-state index in [1.165, 1.54) is 5.56 Å². The first-order valence-corrected chi connectivity index (χ1v) is 11.4. The van der Waals surface area contributed by atoms with Crippen LogP contribution in [0.3, 0.4) is 0 Å². The van der Waals surface area contributed by atoms with Crippen LogP contribution in [0, 0.1) is 6.92 Å². The Morgan fingerprint density at radius 2 is 1.88 bits per heavy atom. The molecule has 0 radical (unpaired) electrons. The summed E-state index contributed by atoms with van der Waals surface area (Å²) in [7, 11) is 1.91. The number of nitrogens with zero attached hydrogens (tertiary/aromatic N) is 7. The van der Waals surface area contributed by atoms with Crippen LogP contribution in [0.15, 0.2) is 36.7 Å². The highest BCUT2D eigenvalue weighted by molar-refractivity contribution is 5.82. The van der Waals surface area contributed by atoms with E-state index in [2.05, 4.69) is 42.0 Å². The lowest BCUT2D eigenvalue weighted by Crippen LogP contribution is -2.37. The minimum atomic E-state index is 0.353. The van der Waals surface area contributed by atoms with Crippen molar-refractivity contribution in [3.05, 3.63) is 53.5 Å². The topological polar surface area (TPSA) is 83.1 Å². The molecule has 0 atom stereocenters. The highest BCUT2D eigenvalue weighted by Crippen LogP contribution is 2.25. The average molecular weight is 448 g/mol. The van der Waals surface area contributed by atoms with Gasteiger partial charge in [-0.3, -0.25) is 4.68 Å². The quantitative estimate of drug-likeness (QED) is 0.431. The Balaban J connectivity index is 1.48. The Morgan fingerprint density at radius 3 is 2.64 bits per heavy atom. The number of fused-ring (bicyclic) bond motifs is 1. The van der Waals surface area contributed by atoms with Gasteiger partial charge in [0.1, 0.15) is 5.82 Å². The molecule has 4 heterocycles. The van der Waals surface area contributed by atoms with E-state index in [9.17, 15) is 0 Å². The number of ether oxygens (including phenoxy) is 2. The Labute approximate surface area is 193 Å². The minimum Gasteiger partial charge on any atom is -0.463 e. The molecule has 9 heteroatoms. The van der Waals surface area contributed by atoms with Gasteiger partial charge in [-0.1, -0.05) is 13.0 Å². The van der Waals surface area contributed by atoms with Crippen molar-refractivity contribution in [3.63, 3.8) is 0 Å². The van der Waals surface area contributed by atoms with Crippen LogP contribution in [0.4, 0.5) is 5.82 Å². The van der Waals surface area contributed by atoms with Gasteiger partial charge in [0.25, 0.3) is 0 Å². The van der Waals surface area contributed by atoms with E-state index in [0.29, 0.717) is 31.6 Å². The lowest BCUT2D eigenvalue weighted by atomic mass is 10.1. The van der Waals surface area contributed by atoms with Crippen molar-refractivity contribution in [2.24, 2.45) is 7.05 Å². The van der Waals surface area contributed by atoms with Crippen molar-refractivity contribution in [1.29, 1.82) is 0 Å². The van der Waals surface area contributed by atoms with Crippen LogP contribution in [-0.4, -0.2) is 62.4 Å². The summed E-state index contributed by atoms with van der Waals surface area (Å²) in [6.45, 7) is 7.64. The highest BCUT2D eigenvalue weighted by Gasteiger charge is 2.18. The molecule has 1 aliphatic rings. The zero-order chi connectivity index (χ0) is 22.8. The highest BCUT2D eigenvalue weighted by atomic mass is 16.5. The molecular weight excluding hydrogens is 418 g/mol. The first-order valence-electron chi connectivity index (χ1n) is 11.4. The third-order valence-corrected chi connectivity index (χ3v) is 6.00. The first kappa shape index (κ1) is 21.4. The number of benzene rings is 1. The second kappa shape index (κ2) is 9.19. The molecule has 1 aromatic carbocycles. The molecule has 33 heavy (non-hydrogen) atoms. The van der Waals surface area contributed by atoms with Crippen molar-refractivity contribution in [2.45, 2.75) is 26.7 Å². The fourth-order valence-corrected chi connectivity index (χ4v) is 4.09. The van der Waals surface area contributed by atoms with Crippen LogP contribution in [-0.2, 0) is 24.6 Å². The average Bonchev–Trinajstić information content (AvgIpc) is 3.41.